The van der Waals surface area contributed by atoms with Gasteiger partial charge in [-0.25, -0.2) is 4.98 Å². The first-order valence-electron chi connectivity index (χ1n) is 4.75. The van der Waals surface area contributed by atoms with Crippen molar-refractivity contribution in [1.82, 2.24) is 4.98 Å². The molecule has 1 aromatic rings. The second kappa shape index (κ2) is 7.04. The van der Waals surface area contributed by atoms with Gasteiger partial charge in [0.2, 0.25) is 5.88 Å². The maximum absolute atomic E-state index is 5.91. The summed E-state index contributed by atoms with van der Waals surface area (Å²) in [5.74, 6) is 0.444. The average molecular weight is 295 g/mol. The van der Waals surface area contributed by atoms with Crippen molar-refractivity contribution in [3.05, 3.63) is 21.8 Å². The van der Waals surface area contributed by atoms with Crippen LogP contribution in [0.15, 0.2) is 16.7 Å². The van der Waals surface area contributed by atoms with E-state index in [0.717, 1.165) is 17.5 Å². The molecule has 1 rings (SSSR count). The average Bonchev–Trinajstić information content (AvgIpc) is 2.20. The standard InChI is InChI=1S/C10H13BrClNO2/c1-2-3-14-4-5-15-10-9(12)6-8(11)7-13-10/h6-7H,2-5H2,1H3. The predicted octanol–water partition coefficient (Wildman–Crippen LogP) is 3.30. The molecule has 0 aliphatic rings. The van der Waals surface area contributed by atoms with Gasteiger partial charge < -0.3 is 9.47 Å². The summed E-state index contributed by atoms with van der Waals surface area (Å²) in [6, 6.07) is 1.75. The lowest BCUT2D eigenvalue weighted by Crippen LogP contribution is -2.08. The van der Waals surface area contributed by atoms with Gasteiger partial charge in [0.1, 0.15) is 11.6 Å². The van der Waals surface area contributed by atoms with Crippen molar-refractivity contribution in [2.24, 2.45) is 0 Å². The zero-order chi connectivity index (χ0) is 11.1. The van der Waals surface area contributed by atoms with E-state index in [0.29, 0.717) is 24.1 Å². The third-order valence-electron chi connectivity index (χ3n) is 1.59. The SMILES string of the molecule is CCCOCCOc1ncc(Br)cc1Cl. The summed E-state index contributed by atoms with van der Waals surface area (Å²) in [7, 11) is 0. The maximum Gasteiger partial charge on any atom is 0.232 e. The topological polar surface area (TPSA) is 31.4 Å². The molecule has 0 aromatic carbocycles. The van der Waals surface area contributed by atoms with Crippen molar-refractivity contribution in [1.29, 1.82) is 0 Å². The molecule has 0 saturated carbocycles. The lowest BCUT2D eigenvalue weighted by molar-refractivity contribution is 0.0990. The fraction of sp³-hybridized carbons (Fsp3) is 0.500. The van der Waals surface area contributed by atoms with E-state index in [9.17, 15) is 0 Å². The summed E-state index contributed by atoms with van der Waals surface area (Å²) >= 11 is 9.18. The maximum atomic E-state index is 5.91. The van der Waals surface area contributed by atoms with Crippen LogP contribution in [0, 0.1) is 0 Å². The van der Waals surface area contributed by atoms with Crippen molar-refractivity contribution in [2.75, 3.05) is 19.8 Å². The van der Waals surface area contributed by atoms with Crippen LogP contribution < -0.4 is 4.74 Å². The predicted molar refractivity (Wildman–Crippen MR) is 63.6 cm³/mol. The number of hydrogen-bond acceptors (Lipinski definition) is 3. The highest BCUT2D eigenvalue weighted by molar-refractivity contribution is 9.10. The van der Waals surface area contributed by atoms with E-state index < -0.39 is 0 Å². The molecule has 0 spiro atoms. The van der Waals surface area contributed by atoms with Crippen molar-refractivity contribution in [2.45, 2.75) is 13.3 Å². The molecule has 0 unspecified atom stereocenters. The Hall–Kier alpha value is -0.320. The Bertz CT molecular complexity index is 309. The van der Waals surface area contributed by atoms with Gasteiger partial charge in [-0.05, 0) is 28.4 Å². The van der Waals surface area contributed by atoms with Gasteiger partial charge in [-0.3, -0.25) is 0 Å². The van der Waals surface area contributed by atoms with Crippen LogP contribution in [0.2, 0.25) is 5.02 Å². The molecule has 0 fully saturated rings. The summed E-state index contributed by atoms with van der Waals surface area (Å²) in [6.07, 6.45) is 2.66. The van der Waals surface area contributed by atoms with Gasteiger partial charge in [-0.1, -0.05) is 18.5 Å². The van der Waals surface area contributed by atoms with Crippen molar-refractivity contribution >= 4 is 27.5 Å². The third kappa shape index (κ3) is 4.82. The van der Waals surface area contributed by atoms with Crippen LogP contribution in [0.4, 0.5) is 0 Å². The Kier molecular flexibility index (Phi) is 5.98. The first kappa shape index (κ1) is 12.7. The molecule has 3 nitrogen and oxygen atoms in total. The highest BCUT2D eigenvalue weighted by Crippen LogP contribution is 2.24. The first-order valence-corrected chi connectivity index (χ1v) is 5.92. The molecule has 0 aliphatic heterocycles. The minimum atomic E-state index is 0.444. The van der Waals surface area contributed by atoms with E-state index in [1.165, 1.54) is 0 Å². The minimum absolute atomic E-state index is 0.444. The van der Waals surface area contributed by atoms with E-state index in [2.05, 4.69) is 27.8 Å². The number of halogens is 2. The van der Waals surface area contributed by atoms with Crippen LogP contribution in [0.25, 0.3) is 0 Å². The first-order chi connectivity index (χ1) is 7.24. The fourth-order valence-electron chi connectivity index (χ4n) is 0.952. The van der Waals surface area contributed by atoms with E-state index in [1.54, 1.807) is 12.3 Å². The minimum Gasteiger partial charge on any atom is -0.474 e. The molecule has 0 radical (unpaired) electrons. The Balaban J connectivity index is 2.31. The largest absolute Gasteiger partial charge is 0.474 e. The zero-order valence-electron chi connectivity index (χ0n) is 8.50. The summed E-state index contributed by atoms with van der Waals surface area (Å²) < 4.78 is 11.4. The monoisotopic (exact) mass is 293 g/mol. The number of rotatable bonds is 6. The van der Waals surface area contributed by atoms with Gasteiger partial charge in [-0.15, -0.1) is 0 Å². The fourth-order valence-corrected chi connectivity index (χ4v) is 1.64. The summed E-state index contributed by atoms with van der Waals surface area (Å²) in [6.45, 7) is 3.84. The number of hydrogen-bond donors (Lipinski definition) is 0. The highest BCUT2D eigenvalue weighted by Gasteiger charge is 2.03. The van der Waals surface area contributed by atoms with E-state index >= 15 is 0 Å². The molecule has 1 aromatic heterocycles. The molecular weight excluding hydrogens is 281 g/mol. The molecule has 5 heteroatoms. The van der Waals surface area contributed by atoms with Gasteiger partial charge in [0.15, 0.2) is 0 Å². The second-order valence-electron chi connectivity index (χ2n) is 2.90. The van der Waals surface area contributed by atoms with Gasteiger partial charge in [-0.2, -0.15) is 0 Å². The Morgan fingerprint density at radius 1 is 1.40 bits per heavy atom. The van der Waals surface area contributed by atoms with E-state index in [4.69, 9.17) is 21.1 Å². The van der Waals surface area contributed by atoms with Crippen LogP contribution in [0.5, 0.6) is 5.88 Å². The number of pyridine rings is 1. The number of aromatic nitrogens is 1. The van der Waals surface area contributed by atoms with Crippen LogP contribution in [-0.2, 0) is 4.74 Å². The van der Waals surface area contributed by atoms with Gasteiger partial charge in [0.25, 0.3) is 0 Å². The third-order valence-corrected chi connectivity index (χ3v) is 2.29. The molecule has 84 valence electrons. The lowest BCUT2D eigenvalue weighted by Gasteiger charge is -2.07. The Morgan fingerprint density at radius 3 is 2.87 bits per heavy atom. The normalized spacial score (nSPS) is 10.3. The van der Waals surface area contributed by atoms with Crippen LogP contribution in [0.1, 0.15) is 13.3 Å². The van der Waals surface area contributed by atoms with E-state index in [1.807, 2.05) is 0 Å². The smallest absolute Gasteiger partial charge is 0.232 e. The lowest BCUT2D eigenvalue weighted by atomic mass is 10.5. The highest BCUT2D eigenvalue weighted by atomic mass is 79.9. The van der Waals surface area contributed by atoms with Crippen molar-refractivity contribution < 1.29 is 9.47 Å². The molecular formula is C10H13BrClNO2. The molecule has 0 N–H and O–H groups in total. The summed E-state index contributed by atoms with van der Waals surface area (Å²) in [5.41, 5.74) is 0. The Morgan fingerprint density at radius 2 is 2.20 bits per heavy atom. The van der Waals surface area contributed by atoms with Crippen LogP contribution >= 0.6 is 27.5 Å². The molecule has 0 bridgehead atoms. The quantitative estimate of drug-likeness (QED) is 0.754. The van der Waals surface area contributed by atoms with Gasteiger partial charge in [0.05, 0.1) is 6.61 Å². The summed E-state index contributed by atoms with van der Waals surface area (Å²) in [5, 5.41) is 0.500. The van der Waals surface area contributed by atoms with Crippen molar-refractivity contribution in [3.63, 3.8) is 0 Å². The molecule has 0 amide bonds. The molecule has 0 atom stereocenters. The molecule has 15 heavy (non-hydrogen) atoms. The second-order valence-corrected chi connectivity index (χ2v) is 4.22. The van der Waals surface area contributed by atoms with Crippen LogP contribution in [0.3, 0.4) is 0 Å². The molecule has 0 aliphatic carbocycles. The molecule has 0 saturated heterocycles. The number of ether oxygens (including phenoxy) is 2. The zero-order valence-corrected chi connectivity index (χ0v) is 10.8. The Labute approximate surface area is 103 Å². The van der Waals surface area contributed by atoms with Crippen molar-refractivity contribution in [3.8, 4) is 5.88 Å². The molecule has 1 heterocycles. The number of nitrogens with zero attached hydrogens (tertiary/aromatic N) is 1. The van der Waals surface area contributed by atoms with Crippen LogP contribution in [-0.4, -0.2) is 24.8 Å². The van der Waals surface area contributed by atoms with E-state index in [-0.39, 0.29) is 0 Å². The van der Waals surface area contributed by atoms with Gasteiger partial charge >= 0.3 is 0 Å². The van der Waals surface area contributed by atoms with Gasteiger partial charge in [0, 0.05) is 17.3 Å². The summed E-state index contributed by atoms with van der Waals surface area (Å²) in [4.78, 5) is 4.04.